The van der Waals surface area contributed by atoms with E-state index in [1.54, 1.807) is 30.0 Å². The van der Waals surface area contributed by atoms with Crippen LogP contribution in [0.15, 0.2) is 64.5 Å². The van der Waals surface area contributed by atoms with E-state index >= 15 is 0 Å². The van der Waals surface area contributed by atoms with Gasteiger partial charge < -0.3 is 11.1 Å². The van der Waals surface area contributed by atoms with Crippen molar-refractivity contribution in [1.29, 1.82) is 0 Å². The molecular formula is C16H15BrN2OS. The van der Waals surface area contributed by atoms with E-state index in [4.69, 9.17) is 5.73 Å². The zero-order chi connectivity index (χ0) is 15.2. The zero-order valence-electron chi connectivity index (χ0n) is 11.3. The highest BCUT2D eigenvalue weighted by Crippen LogP contribution is 2.28. The first-order valence-electron chi connectivity index (χ1n) is 6.31. The van der Waals surface area contributed by atoms with Crippen LogP contribution in [0.2, 0.25) is 0 Å². The first kappa shape index (κ1) is 15.7. The molecule has 0 aromatic heterocycles. The summed E-state index contributed by atoms with van der Waals surface area (Å²) in [6.45, 7) is 3.71. The van der Waals surface area contributed by atoms with Gasteiger partial charge in [0.05, 0.1) is 5.69 Å². The third-order valence-corrected chi connectivity index (χ3v) is 4.54. The largest absolute Gasteiger partial charge is 0.398 e. The molecule has 2 aromatic carbocycles. The van der Waals surface area contributed by atoms with Gasteiger partial charge in [0.1, 0.15) is 0 Å². The number of nitrogens with two attached hydrogens (primary N) is 1. The Morgan fingerprint density at radius 2 is 2.10 bits per heavy atom. The fourth-order valence-corrected chi connectivity index (χ4v) is 2.72. The van der Waals surface area contributed by atoms with Crippen molar-refractivity contribution in [1.82, 2.24) is 0 Å². The molecule has 0 fully saturated rings. The molecule has 5 heteroatoms. The molecule has 0 unspecified atom stereocenters. The highest BCUT2D eigenvalue weighted by molar-refractivity contribution is 9.10. The van der Waals surface area contributed by atoms with Gasteiger partial charge in [0, 0.05) is 26.4 Å². The van der Waals surface area contributed by atoms with Crippen LogP contribution in [0.25, 0.3) is 0 Å². The Bertz CT molecular complexity index is 673. The molecule has 1 amide bonds. The SMILES string of the molecule is C=CCSc1ccccc1NC(=O)c1ccc(Br)c(N)c1. The predicted molar refractivity (Wildman–Crippen MR) is 93.9 cm³/mol. The molecule has 0 saturated carbocycles. The average Bonchev–Trinajstić information content (AvgIpc) is 2.49. The molecule has 0 aliphatic carbocycles. The summed E-state index contributed by atoms with van der Waals surface area (Å²) in [5.41, 5.74) is 7.66. The highest BCUT2D eigenvalue weighted by Gasteiger charge is 2.10. The number of carbonyl (C=O) groups is 1. The van der Waals surface area contributed by atoms with E-state index < -0.39 is 0 Å². The molecule has 0 heterocycles. The number of nitrogen functional groups attached to an aromatic ring is 1. The fraction of sp³-hybridized carbons (Fsp3) is 0.0625. The van der Waals surface area contributed by atoms with Crippen molar-refractivity contribution in [3.05, 3.63) is 65.2 Å². The van der Waals surface area contributed by atoms with Crippen LogP contribution >= 0.6 is 27.7 Å². The lowest BCUT2D eigenvalue weighted by atomic mass is 10.2. The summed E-state index contributed by atoms with van der Waals surface area (Å²) in [5, 5.41) is 2.92. The minimum absolute atomic E-state index is 0.180. The number of hydrogen-bond donors (Lipinski definition) is 2. The molecule has 3 nitrogen and oxygen atoms in total. The molecule has 2 aromatic rings. The van der Waals surface area contributed by atoms with E-state index in [0.717, 1.165) is 20.8 Å². The number of anilines is 2. The van der Waals surface area contributed by atoms with E-state index in [2.05, 4.69) is 27.8 Å². The Hall–Kier alpha value is -1.72. The Morgan fingerprint density at radius 3 is 2.81 bits per heavy atom. The van der Waals surface area contributed by atoms with Crippen molar-refractivity contribution in [3.63, 3.8) is 0 Å². The van der Waals surface area contributed by atoms with Crippen molar-refractivity contribution in [2.45, 2.75) is 4.90 Å². The second-order valence-corrected chi connectivity index (χ2v) is 6.20. The maximum Gasteiger partial charge on any atom is 0.255 e. The molecule has 0 radical (unpaired) electrons. The minimum atomic E-state index is -0.180. The van der Waals surface area contributed by atoms with Crippen LogP contribution in [0.3, 0.4) is 0 Å². The molecule has 21 heavy (non-hydrogen) atoms. The Morgan fingerprint density at radius 1 is 1.33 bits per heavy atom. The second-order valence-electron chi connectivity index (χ2n) is 4.29. The van der Waals surface area contributed by atoms with Crippen molar-refractivity contribution in [2.75, 3.05) is 16.8 Å². The number of carbonyl (C=O) groups excluding carboxylic acids is 1. The summed E-state index contributed by atoms with van der Waals surface area (Å²) in [4.78, 5) is 13.3. The minimum Gasteiger partial charge on any atom is -0.398 e. The smallest absolute Gasteiger partial charge is 0.255 e. The maximum absolute atomic E-state index is 12.3. The quantitative estimate of drug-likeness (QED) is 0.465. The van der Waals surface area contributed by atoms with Crippen LogP contribution < -0.4 is 11.1 Å². The van der Waals surface area contributed by atoms with E-state index in [9.17, 15) is 4.79 Å². The molecule has 0 aliphatic rings. The summed E-state index contributed by atoms with van der Waals surface area (Å²) >= 11 is 4.94. The van der Waals surface area contributed by atoms with Gasteiger partial charge in [-0.2, -0.15) is 0 Å². The summed E-state index contributed by atoms with van der Waals surface area (Å²) in [7, 11) is 0. The Kier molecular flexibility index (Phi) is 5.47. The number of halogens is 1. The van der Waals surface area contributed by atoms with Gasteiger partial charge >= 0.3 is 0 Å². The first-order chi connectivity index (χ1) is 10.1. The number of nitrogens with one attached hydrogen (secondary N) is 1. The highest BCUT2D eigenvalue weighted by atomic mass is 79.9. The van der Waals surface area contributed by atoms with Crippen LogP contribution in [0.4, 0.5) is 11.4 Å². The zero-order valence-corrected chi connectivity index (χ0v) is 13.7. The van der Waals surface area contributed by atoms with E-state index in [-0.39, 0.29) is 5.91 Å². The van der Waals surface area contributed by atoms with Crippen LogP contribution in [0.1, 0.15) is 10.4 Å². The summed E-state index contributed by atoms with van der Waals surface area (Å²) in [5.74, 6) is 0.610. The van der Waals surface area contributed by atoms with Gasteiger partial charge in [-0.1, -0.05) is 18.2 Å². The van der Waals surface area contributed by atoms with E-state index in [0.29, 0.717) is 11.3 Å². The summed E-state index contributed by atoms with van der Waals surface area (Å²) < 4.78 is 0.779. The monoisotopic (exact) mass is 362 g/mol. The number of amides is 1. The topological polar surface area (TPSA) is 55.1 Å². The van der Waals surface area contributed by atoms with Crippen LogP contribution in [-0.2, 0) is 0 Å². The first-order valence-corrected chi connectivity index (χ1v) is 8.09. The number of rotatable bonds is 5. The molecule has 0 bridgehead atoms. The van der Waals surface area contributed by atoms with Crippen molar-refractivity contribution >= 4 is 45.0 Å². The molecule has 0 spiro atoms. The van der Waals surface area contributed by atoms with Crippen LogP contribution in [0.5, 0.6) is 0 Å². The number of para-hydroxylation sites is 1. The van der Waals surface area contributed by atoms with Crippen molar-refractivity contribution < 1.29 is 4.79 Å². The Balaban J connectivity index is 2.19. The second kappa shape index (κ2) is 7.33. The fourth-order valence-electron chi connectivity index (χ4n) is 1.72. The van der Waals surface area contributed by atoms with E-state index in [1.165, 1.54) is 0 Å². The molecule has 2 rings (SSSR count). The van der Waals surface area contributed by atoms with Crippen molar-refractivity contribution in [2.24, 2.45) is 0 Å². The van der Waals surface area contributed by atoms with Crippen LogP contribution in [0, 0.1) is 0 Å². The normalized spacial score (nSPS) is 10.1. The molecule has 0 atom stereocenters. The maximum atomic E-state index is 12.3. The number of thioether (sulfide) groups is 1. The third-order valence-electron chi connectivity index (χ3n) is 2.75. The molecular weight excluding hydrogens is 348 g/mol. The predicted octanol–water partition coefficient (Wildman–Crippen LogP) is 4.56. The molecule has 3 N–H and O–H groups in total. The average molecular weight is 363 g/mol. The van der Waals surface area contributed by atoms with Crippen molar-refractivity contribution in [3.8, 4) is 0 Å². The van der Waals surface area contributed by atoms with Gasteiger partial charge in [-0.25, -0.2) is 0 Å². The van der Waals surface area contributed by atoms with Gasteiger partial charge in [-0.15, -0.1) is 18.3 Å². The lowest BCUT2D eigenvalue weighted by Gasteiger charge is -2.10. The third kappa shape index (κ3) is 4.12. The van der Waals surface area contributed by atoms with Gasteiger partial charge in [0.2, 0.25) is 0 Å². The van der Waals surface area contributed by atoms with Gasteiger partial charge in [0.15, 0.2) is 0 Å². The van der Waals surface area contributed by atoms with Gasteiger partial charge in [-0.3, -0.25) is 4.79 Å². The Labute approximate surface area is 136 Å². The molecule has 108 valence electrons. The molecule has 0 saturated heterocycles. The van der Waals surface area contributed by atoms with Gasteiger partial charge in [-0.05, 0) is 46.3 Å². The lowest BCUT2D eigenvalue weighted by molar-refractivity contribution is 0.102. The van der Waals surface area contributed by atoms with E-state index in [1.807, 2.05) is 30.3 Å². The number of hydrogen-bond acceptors (Lipinski definition) is 3. The standard InChI is InChI=1S/C16H15BrN2OS/c1-2-9-21-15-6-4-3-5-14(15)19-16(20)11-7-8-12(17)13(18)10-11/h2-8,10H,1,9,18H2,(H,19,20). The van der Waals surface area contributed by atoms with Gasteiger partial charge in [0.25, 0.3) is 5.91 Å². The lowest BCUT2D eigenvalue weighted by Crippen LogP contribution is -2.12. The molecule has 0 aliphatic heterocycles. The number of benzene rings is 2. The summed E-state index contributed by atoms with van der Waals surface area (Å²) in [6.07, 6.45) is 1.83. The summed E-state index contributed by atoms with van der Waals surface area (Å²) in [6, 6.07) is 12.8. The van der Waals surface area contributed by atoms with Crippen LogP contribution in [-0.4, -0.2) is 11.7 Å².